The van der Waals surface area contributed by atoms with Gasteiger partial charge in [0.15, 0.2) is 0 Å². The van der Waals surface area contributed by atoms with Crippen LogP contribution in [0.3, 0.4) is 0 Å². The van der Waals surface area contributed by atoms with Crippen molar-refractivity contribution in [1.82, 2.24) is 5.32 Å². The van der Waals surface area contributed by atoms with E-state index in [2.05, 4.69) is 5.32 Å². The first-order valence-corrected chi connectivity index (χ1v) is 6.11. The van der Waals surface area contributed by atoms with Gasteiger partial charge in [-0.15, -0.1) is 0 Å². The lowest BCUT2D eigenvalue weighted by molar-refractivity contribution is -0.185. The van der Waals surface area contributed by atoms with E-state index in [0.717, 1.165) is 12.8 Å². The molecule has 1 aromatic rings. The SMILES string of the molecule is Fc1ccc(C(CNC2CC2)OCC(F)(F)F)cc1. The van der Waals surface area contributed by atoms with Gasteiger partial charge in [-0.2, -0.15) is 13.2 Å². The summed E-state index contributed by atoms with van der Waals surface area (Å²) in [7, 11) is 0. The smallest absolute Gasteiger partial charge is 0.363 e. The predicted octanol–water partition coefficient (Wildman–Crippen LogP) is 3.20. The van der Waals surface area contributed by atoms with Crippen LogP contribution in [0.15, 0.2) is 24.3 Å². The number of alkyl halides is 3. The Balaban J connectivity index is 1.97. The molecule has 2 nitrogen and oxygen atoms in total. The fraction of sp³-hybridized carbons (Fsp3) is 0.538. The maximum atomic E-state index is 12.8. The molecule has 19 heavy (non-hydrogen) atoms. The monoisotopic (exact) mass is 277 g/mol. The zero-order valence-corrected chi connectivity index (χ0v) is 10.2. The Morgan fingerprint density at radius 3 is 2.37 bits per heavy atom. The average molecular weight is 277 g/mol. The molecule has 1 aliphatic rings. The highest BCUT2D eigenvalue weighted by atomic mass is 19.4. The van der Waals surface area contributed by atoms with Crippen LogP contribution in [0.4, 0.5) is 17.6 Å². The molecular formula is C13H15F4NO. The van der Waals surface area contributed by atoms with E-state index in [1.165, 1.54) is 24.3 Å². The molecule has 106 valence electrons. The van der Waals surface area contributed by atoms with Gasteiger partial charge in [-0.25, -0.2) is 4.39 Å². The third-order valence-electron chi connectivity index (χ3n) is 2.86. The summed E-state index contributed by atoms with van der Waals surface area (Å²) in [5.41, 5.74) is 0.541. The van der Waals surface area contributed by atoms with Crippen molar-refractivity contribution in [2.45, 2.75) is 31.2 Å². The minimum absolute atomic E-state index is 0.298. The molecule has 0 radical (unpaired) electrons. The average Bonchev–Trinajstić information content (AvgIpc) is 3.13. The molecule has 0 spiro atoms. The third kappa shape index (κ3) is 5.16. The number of hydrogen-bond donors (Lipinski definition) is 1. The summed E-state index contributed by atoms with van der Waals surface area (Å²) < 4.78 is 54.3. The van der Waals surface area contributed by atoms with Crippen molar-refractivity contribution >= 4 is 0 Å². The maximum absolute atomic E-state index is 12.8. The quantitative estimate of drug-likeness (QED) is 0.806. The second-order valence-corrected chi connectivity index (χ2v) is 4.65. The topological polar surface area (TPSA) is 21.3 Å². The van der Waals surface area contributed by atoms with Crippen LogP contribution in [-0.2, 0) is 4.74 Å². The van der Waals surface area contributed by atoms with Gasteiger partial charge < -0.3 is 10.1 Å². The lowest BCUT2D eigenvalue weighted by Crippen LogP contribution is -2.28. The van der Waals surface area contributed by atoms with Crippen LogP contribution in [0, 0.1) is 5.82 Å². The Kier molecular flexibility index (Phi) is 4.42. The number of rotatable bonds is 6. The van der Waals surface area contributed by atoms with Crippen molar-refractivity contribution < 1.29 is 22.3 Å². The van der Waals surface area contributed by atoms with Gasteiger partial charge in [0, 0.05) is 12.6 Å². The van der Waals surface area contributed by atoms with Crippen molar-refractivity contribution in [2.75, 3.05) is 13.2 Å². The van der Waals surface area contributed by atoms with Gasteiger partial charge in [0.05, 0.1) is 6.10 Å². The summed E-state index contributed by atoms with van der Waals surface area (Å²) in [6.45, 7) is -1.01. The highest BCUT2D eigenvalue weighted by Gasteiger charge is 2.30. The molecule has 0 bridgehead atoms. The summed E-state index contributed by atoms with van der Waals surface area (Å²) in [6, 6.07) is 5.71. The number of hydrogen-bond acceptors (Lipinski definition) is 2. The van der Waals surface area contributed by atoms with Gasteiger partial charge in [0.1, 0.15) is 12.4 Å². The van der Waals surface area contributed by atoms with E-state index < -0.39 is 24.7 Å². The van der Waals surface area contributed by atoms with E-state index >= 15 is 0 Å². The minimum atomic E-state index is -4.36. The van der Waals surface area contributed by atoms with Crippen LogP contribution in [0.5, 0.6) is 0 Å². The van der Waals surface area contributed by atoms with Crippen LogP contribution in [0.2, 0.25) is 0 Å². The second-order valence-electron chi connectivity index (χ2n) is 4.65. The van der Waals surface area contributed by atoms with E-state index in [0.29, 0.717) is 18.2 Å². The second kappa shape index (κ2) is 5.88. The largest absolute Gasteiger partial charge is 0.411 e. The molecule has 6 heteroatoms. The van der Waals surface area contributed by atoms with Gasteiger partial charge in [-0.3, -0.25) is 0 Å². The zero-order chi connectivity index (χ0) is 13.9. The van der Waals surface area contributed by atoms with Crippen LogP contribution in [0.1, 0.15) is 24.5 Å². The maximum Gasteiger partial charge on any atom is 0.411 e. The third-order valence-corrected chi connectivity index (χ3v) is 2.86. The van der Waals surface area contributed by atoms with Crippen molar-refractivity contribution in [2.24, 2.45) is 0 Å². The Bertz CT molecular complexity index is 400. The summed E-state index contributed by atoms with van der Waals surface area (Å²) in [4.78, 5) is 0. The van der Waals surface area contributed by atoms with Gasteiger partial charge in [0.25, 0.3) is 0 Å². The van der Waals surface area contributed by atoms with Gasteiger partial charge >= 0.3 is 6.18 Å². The van der Waals surface area contributed by atoms with E-state index in [9.17, 15) is 17.6 Å². The summed E-state index contributed by atoms with van der Waals surface area (Å²) in [5.74, 6) is -0.423. The van der Waals surface area contributed by atoms with Crippen molar-refractivity contribution in [3.05, 3.63) is 35.6 Å². The highest BCUT2D eigenvalue weighted by Crippen LogP contribution is 2.24. The molecule has 0 saturated heterocycles. The number of benzene rings is 1. The Hall–Kier alpha value is -1.14. The Labute approximate surface area is 108 Å². The van der Waals surface area contributed by atoms with Crippen molar-refractivity contribution in [3.63, 3.8) is 0 Å². The molecule has 1 aromatic carbocycles. The number of halogens is 4. The standard InChI is InChI=1S/C13H15F4NO/c14-10-3-1-9(2-4-10)12(7-18-11-5-6-11)19-8-13(15,16)17/h1-4,11-12,18H,5-8H2. The molecule has 1 aliphatic carbocycles. The molecule has 1 unspecified atom stereocenters. The van der Waals surface area contributed by atoms with E-state index in [-0.39, 0.29) is 0 Å². The molecule has 1 atom stereocenters. The zero-order valence-electron chi connectivity index (χ0n) is 10.2. The Morgan fingerprint density at radius 2 is 1.84 bits per heavy atom. The normalized spacial score (nSPS) is 17.5. The summed E-state index contributed by atoms with van der Waals surface area (Å²) >= 11 is 0. The fourth-order valence-electron chi connectivity index (χ4n) is 1.71. The molecule has 1 N–H and O–H groups in total. The lowest BCUT2D eigenvalue weighted by atomic mass is 10.1. The first-order chi connectivity index (χ1) is 8.94. The molecule has 2 rings (SSSR count). The van der Waals surface area contributed by atoms with Gasteiger partial charge in [0.2, 0.25) is 0 Å². The van der Waals surface area contributed by atoms with E-state index in [1.807, 2.05) is 0 Å². The molecule has 0 aliphatic heterocycles. The first-order valence-electron chi connectivity index (χ1n) is 6.11. The Morgan fingerprint density at radius 1 is 1.21 bits per heavy atom. The van der Waals surface area contributed by atoms with Crippen LogP contribution in [-0.4, -0.2) is 25.4 Å². The summed E-state index contributed by atoms with van der Waals surface area (Å²) in [6.07, 6.45) is -3.01. The van der Waals surface area contributed by atoms with Crippen molar-refractivity contribution in [1.29, 1.82) is 0 Å². The van der Waals surface area contributed by atoms with Crippen molar-refractivity contribution in [3.8, 4) is 0 Å². The molecule has 0 amide bonds. The molecule has 1 fully saturated rings. The van der Waals surface area contributed by atoms with Crippen LogP contribution >= 0.6 is 0 Å². The lowest BCUT2D eigenvalue weighted by Gasteiger charge is -2.20. The van der Waals surface area contributed by atoms with Crippen LogP contribution < -0.4 is 5.32 Å². The molecule has 0 aromatic heterocycles. The van der Waals surface area contributed by atoms with Gasteiger partial charge in [-0.1, -0.05) is 12.1 Å². The van der Waals surface area contributed by atoms with E-state index in [1.54, 1.807) is 0 Å². The fourth-order valence-corrected chi connectivity index (χ4v) is 1.71. The highest BCUT2D eigenvalue weighted by molar-refractivity contribution is 5.19. The molecule has 1 saturated carbocycles. The van der Waals surface area contributed by atoms with E-state index in [4.69, 9.17) is 4.74 Å². The number of nitrogens with one attached hydrogen (secondary N) is 1. The van der Waals surface area contributed by atoms with Crippen LogP contribution in [0.25, 0.3) is 0 Å². The predicted molar refractivity (Wildman–Crippen MR) is 62.2 cm³/mol. The summed E-state index contributed by atoms with van der Waals surface area (Å²) in [5, 5.41) is 3.12. The first kappa shape index (κ1) is 14.3. The molecular weight excluding hydrogens is 262 g/mol. The number of ether oxygens (including phenoxy) is 1. The molecule has 0 heterocycles. The minimum Gasteiger partial charge on any atom is -0.363 e. The van der Waals surface area contributed by atoms with Gasteiger partial charge in [-0.05, 0) is 30.5 Å².